The van der Waals surface area contributed by atoms with Crippen LogP contribution in [0.5, 0.6) is 5.75 Å². The first kappa shape index (κ1) is 20.3. The smallest absolute Gasteiger partial charge is 0.340 e. The van der Waals surface area contributed by atoms with Gasteiger partial charge in [-0.2, -0.15) is 0 Å². The van der Waals surface area contributed by atoms with Gasteiger partial charge in [0.1, 0.15) is 5.75 Å². The molecule has 0 aliphatic carbocycles. The van der Waals surface area contributed by atoms with Crippen molar-refractivity contribution in [1.29, 1.82) is 0 Å². The van der Waals surface area contributed by atoms with Crippen molar-refractivity contribution in [2.45, 2.75) is 13.8 Å². The average molecular weight is 412 g/mol. The lowest BCUT2D eigenvalue weighted by molar-refractivity contribution is -0.123. The van der Waals surface area contributed by atoms with E-state index in [9.17, 15) is 14.4 Å². The lowest BCUT2D eigenvalue weighted by atomic mass is 10.2. The number of carbonyl (C=O) groups excluding carboxylic acids is 3. The molecule has 0 radical (unpaired) electrons. The number of ether oxygens (including phenoxy) is 2. The summed E-state index contributed by atoms with van der Waals surface area (Å²) in [5, 5.41) is 3.93. The van der Waals surface area contributed by atoms with Gasteiger partial charge < -0.3 is 14.0 Å². The van der Waals surface area contributed by atoms with Crippen LogP contribution >= 0.6 is 11.3 Å². The second-order valence-electron chi connectivity index (χ2n) is 6.25. The number of amides is 2. The fourth-order valence-electron chi connectivity index (χ4n) is 2.94. The summed E-state index contributed by atoms with van der Waals surface area (Å²) in [6, 6.07) is 12.5. The minimum atomic E-state index is -0.680. The van der Waals surface area contributed by atoms with E-state index in [1.165, 1.54) is 11.3 Å². The summed E-state index contributed by atoms with van der Waals surface area (Å²) in [5.74, 6) is -1.09. The van der Waals surface area contributed by atoms with Crippen LogP contribution in [0.3, 0.4) is 0 Å². The summed E-state index contributed by atoms with van der Waals surface area (Å²) in [7, 11) is 1.60. The number of thiophene rings is 1. The first-order valence-corrected chi connectivity index (χ1v) is 9.67. The normalized spacial score (nSPS) is 10.4. The maximum absolute atomic E-state index is 12.5. The number of rotatable bonds is 6. The van der Waals surface area contributed by atoms with Crippen molar-refractivity contribution in [2.75, 3.05) is 13.7 Å². The number of aryl methyl sites for hydroxylation is 1. The van der Waals surface area contributed by atoms with Crippen LogP contribution < -0.4 is 10.1 Å². The molecule has 0 aliphatic rings. The van der Waals surface area contributed by atoms with Crippen LogP contribution in [0.1, 0.15) is 31.4 Å². The average Bonchev–Trinajstić information content (AvgIpc) is 3.35. The van der Waals surface area contributed by atoms with Crippen molar-refractivity contribution in [3.63, 3.8) is 0 Å². The van der Waals surface area contributed by atoms with Crippen LogP contribution in [0.2, 0.25) is 0 Å². The molecule has 3 rings (SSSR count). The molecule has 0 bridgehead atoms. The van der Waals surface area contributed by atoms with Crippen molar-refractivity contribution in [1.82, 2.24) is 9.88 Å². The molecule has 29 heavy (non-hydrogen) atoms. The molecule has 8 heteroatoms. The lowest BCUT2D eigenvalue weighted by Gasteiger charge is -2.11. The highest BCUT2D eigenvalue weighted by atomic mass is 32.1. The Morgan fingerprint density at radius 3 is 2.45 bits per heavy atom. The summed E-state index contributed by atoms with van der Waals surface area (Å²) in [6.07, 6.45) is 0. The second-order valence-corrected chi connectivity index (χ2v) is 7.20. The van der Waals surface area contributed by atoms with E-state index in [0.717, 1.165) is 17.1 Å². The third-order valence-corrected chi connectivity index (χ3v) is 5.18. The molecule has 2 amide bonds. The Balaban J connectivity index is 1.66. The Kier molecular flexibility index (Phi) is 6.13. The zero-order valence-electron chi connectivity index (χ0n) is 16.2. The minimum absolute atomic E-state index is 0.357. The molecule has 1 aromatic carbocycles. The monoisotopic (exact) mass is 412 g/mol. The molecule has 0 fully saturated rings. The minimum Gasteiger partial charge on any atom is -0.497 e. The Labute approximate surface area is 171 Å². The molecular weight excluding hydrogens is 392 g/mol. The van der Waals surface area contributed by atoms with Crippen LogP contribution in [-0.4, -0.2) is 36.1 Å². The predicted molar refractivity (Wildman–Crippen MR) is 109 cm³/mol. The third-order valence-electron chi connectivity index (χ3n) is 4.31. The van der Waals surface area contributed by atoms with Crippen LogP contribution in [-0.2, 0) is 9.53 Å². The topological polar surface area (TPSA) is 86.6 Å². The summed E-state index contributed by atoms with van der Waals surface area (Å²) in [6.45, 7) is 3.14. The molecule has 0 atom stereocenters. The highest BCUT2D eigenvalue weighted by Crippen LogP contribution is 2.23. The number of aromatic nitrogens is 1. The summed E-state index contributed by atoms with van der Waals surface area (Å²) in [4.78, 5) is 36.6. The molecule has 150 valence electrons. The molecule has 3 aromatic rings. The van der Waals surface area contributed by atoms with Crippen LogP contribution in [0.4, 0.5) is 0 Å². The van der Waals surface area contributed by atoms with Gasteiger partial charge in [0, 0.05) is 17.1 Å². The van der Waals surface area contributed by atoms with Crippen molar-refractivity contribution < 1.29 is 23.9 Å². The SMILES string of the molecule is COc1ccc(-n2c(C)cc(C(=O)OCC(=O)NC(=O)c3cccs3)c2C)cc1. The molecule has 0 saturated heterocycles. The van der Waals surface area contributed by atoms with Gasteiger partial charge in [-0.15, -0.1) is 11.3 Å². The summed E-state index contributed by atoms with van der Waals surface area (Å²) >= 11 is 1.22. The Hall–Kier alpha value is -3.39. The first-order chi connectivity index (χ1) is 13.9. The zero-order chi connectivity index (χ0) is 21.0. The van der Waals surface area contributed by atoms with Crippen LogP contribution in [0, 0.1) is 13.8 Å². The standard InChI is InChI=1S/C21H20N2O5S/c1-13-11-17(14(2)23(13)15-6-8-16(27-3)9-7-15)21(26)28-12-19(24)22-20(25)18-5-4-10-29-18/h4-11H,12H2,1-3H3,(H,22,24,25). The Morgan fingerprint density at radius 2 is 1.83 bits per heavy atom. The van der Waals surface area contributed by atoms with E-state index in [1.54, 1.807) is 37.6 Å². The number of carbonyl (C=O) groups is 3. The maximum atomic E-state index is 12.5. The van der Waals surface area contributed by atoms with E-state index in [-0.39, 0.29) is 0 Å². The van der Waals surface area contributed by atoms with Crippen molar-refractivity contribution >= 4 is 29.1 Å². The fraction of sp³-hybridized carbons (Fsp3) is 0.190. The largest absolute Gasteiger partial charge is 0.497 e. The Morgan fingerprint density at radius 1 is 1.10 bits per heavy atom. The number of hydrogen-bond donors (Lipinski definition) is 1. The van der Waals surface area contributed by atoms with Gasteiger partial charge in [-0.3, -0.25) is 14.9 Å². The first-order valence-electron chi connectivity index (χ1n) is 8.79. The molecule has 0 unspecified atom stereocenters. The number of nitrogens with one attached hydrogen (secondary N) is 1. The van der Waals surface area contributed by atoms with Crippen LogP contribution in [0.25, 0.3) is 5.69 Å². The second kappa shape index (κ2) is 8.74. The van der Waals surface area contributed by atoms with Gasteiger partial charge in [0.25, 0.3) is 11.8 Å². The molecule has 0 spiro atoms. The fourth-order valence-corrected chi connectivity index (χ4v) is 3.56. The van der Waals surface area contributed by atoms with Gasteiger partial charge in [0.05, 0.1) is 17.6 Å². The number of methoxy groups -OCH3 is 1. The number of benzene rings is 1. The van der Waals surface area contributed by atoms with Crippen molar-refractivity contribution in [3.8, 4) is 11.4 Å². The van der Waals surface area contributed by atoms with Gasteiger partial charge in [-0.25, -0.2) is 4.79 Å². The highest BCUT2D eigenvalue weighted by Gasteiger charge is 2.20. The van der Waals surface area contributed by atoms with E-state index in [1.807, 2.05) is 35.8 Å². The summed E-state index contributed by atoms with van der Waals surface area (Å²) in [5.41, 5.74) is 2.76. The molecule has 7 nitrogen and oxygen atoms in total. The van der Waals surface area contributed by atoms with E-state index in [0.29, 0.717) is 16.1 Å². The third kappa shape index (κ3) is 4.55. The van der Waals surface area contributed by atoms with Gasteiger partial charge in [-0.1, -0.05) is 6.07 Å². The number of esters is 1. The van der Waals surface area contributed by atoms with E-state index < -0.39 is 24.4 Å². The number of imide groups is 1. The molecule has 0 saturated carbocycles. The molecular formula is C21H20N2O5S. The van der Waals surface area contributed by atoms with Gasteiger partial charge in [0.2, 0.25) is 0 Å². The lowest BCUT2D eigenvalue weighted by Crippen LogP contribution is -2.33. The molecule has 2 heterocycles. The van der Waals surface area contributed by atoms with Gasteiger partial charge >= 0.3 is 5.97 Å². The Bertz CT molecular complexity index is 1040. The van der Waals surface area contributed by atoms with E-state index in [4.69, 9.17) is 9.47 Å². The highest BCUT2D eigenvalue weighted by molar-refractivity contribution is 7.12. The molecule has 0 aliphatic heterocycles. The number of nitrogens with zero attached hydrogens (tertiary/aromatic N) is 1. The van der Waals surface area contributed by atoms with Crippen molar-refractivity contribution in [2.24, 2.45) is 0 Å². The van der Waals surface area contributed by atoms with E-state index >= 15 is 0 Å². The predicted octanol–water partition coefficient (Wildman–Crippen LogP) is 3.28. The summed E-state index contributed by atoms with van der Waals surface area (Å²) < 4.78 is 12.2. The van der Waals surface area contributed by atoms with Crippen LogP contribution in [0.15, 0.2) is 47.8 Å². The maximum Gasteiger partial charge on any atom is 0.340 e. The van der Waals surface area contributed by atoms with Gasteiger partial charge in [-0.05, 0) is 55.6 Å². The zero-order valence-corrected chi connectivity index (χ0v) is 17.0. The van der Waals surface area contributed by atoms with E-state index in [2.05, 4.69) is 5.32 Å². The number of hydrogen-bond acceptors (Lipinski definition) is 6. The molecule has 1 N–H and O–H groups in total. The van der Waals surface area contributed by atoms with Gasteiger partial charge in [0.15, 0.2) is 6.61 Å². The quantitative estimate of drug-likeness (QED) is 0.628. The van der Waals surface area contributed by atoms with Crippen molar-refractivity contribution in [3.05, 3.63) is 69.7 Å². The molecule has 2 aromatic heterocycles.